The van der Waals surface area contributed by atoms with Crippen molar-refractivity contribution in [3.05, 3.63) is 35.9 Å². The third kappa shape index (κ3) is 5.84. The highest BCUT2D eigenvalue weighted by atomic mass is 16.5. The molecule has 1 saturated heterocycles. The number of amides is 1. The molecule has 128 valence electrons. The summed E-state index contributed by atoms with van der Waals surface area (Å²) in [7, 11) is 0. The van der Waals surface area contributed by atoms with Gasteiger partial charge < -0.3 is 20.1 Å². The SMILES string of the molecule is CC(C)N1CCC(COCC(NC(=O)O)c2ccccc2)CC1. The van der Waals surface area contributed by atoms with Crippen molar-refractivity contribution in [3.8, 4) is 0 Å². The van der Waals surface area contributed by atoms with Crippen molar-refractivity contribution < 1.29 is 14.6 Å². The summed E-state index contributed by atoms with van der Waals surface area (Å²) in [5.74, 6) is 0.575. The van der Waals surface area contributed by atoms with Gasteiger partial charge in [-0.15, -0.1) is 0 Å². The molecule has 0 aromatic heterocycles. The van der Waals surface area contributed by atoms with E-state index >= 15 is 0 Å². The number of rotatable bonds is 7. The summed E-state index contributed by atoms with van der Waals surface area (Å²) in [6.45, 7) is 7.80. The molecule has 1 aromatic carbocycles. The number of benzene rings is 1. The van der Waals surface area contributed by atoms with Crippen LogP contribution in [0.1, 0.15) is 38.3 Å². The zero-order chi connectivity index (χ0) is 16.7. The van der Waals surface area contributed by atoms with Crippen LogP contribution in [-0.4, -0.2) is 48.4 Å². The summed E-state index contributed by atoms with van der Waals surface area (Å²) < 4.78 is 5.84. The summed E-state index contributed by atoms with van der Waals surface area (Å²) in [6, 6.07) is 9.88. The molecule has 1 unspecified atom stereocenters. The molecule has 0 aliphatic carbocycles. The normalized spacial score (nSPS) is 18.0. The van der Waals surface area contributed by atoms with E-state index in [4.69, 9.17) is 9.84 Å². The van der Waals surface area contributed by atoms with E-state index in [1.165, 1.54) is 0 Å². The molecule has 2 rings (SSSR count). The predicted molar refractivity (Wildman–Crippen MR) is 90.6 cm³/mol. The Morgan fingerprint density at radius 2 is 1.96 bits per heavy atom. The van der Waals surface area contributed by atoms with E-state index in [1.807, 2.05) is 30.3 Å². The first-order valence-electron chi connectivity index (χ1n) is 8.42. The summed E-state index contributed by atoms with van der Waals surface area (Å²) in [4.78, 5) is 13.5. The van der Waals surface area contributed by atoms with Gasteiger partial charge >= 0.3 is 6.09 Å². The van der Waals surface area contributed by atoms with Gasteiger partial charge in [0.05, 0.1) is 12.6 Å². The fraction of sp³-hybridized carbons (Fsp3) is 0.611. The number of ether oxygens (including phenoxy) is 1. The Bertz CT molecular complexity index is 470. The number of nitrogens with one attached hydrogen (secondary N) is 1. The number of hydrogen-bond donors (Lipinski definition) is 2. The zero-order valence-corrected chi connectivity index (χ0v) is 14.1. The van der Waals surface area contributed by atoms with Gasteiger partial charge in [0.25, 0.3) is 0 Å². The van der Waals surface area contributed by atoms with Gasteiger partial charge in [0.1, 0.15) is 0 Å². The first-order chi connectivity index (χ1) is 11.1. The van der Waals surface area contributed by atoms with Gasteiger partial charge in [-0.25, -0.2) is 4.79 Å². The Morgan fingerprint density at radius 3 is 2.52 bits per heavy atom. The number of carboxylic acid groups (broad SMARTS) is 1. The van der Waals surface area contributed by atoms with Gasteiger partial charge in [0, 0.05) is 12.6 Å². The van der Waals surface area contributed by atoms with Crippen LogP contribution in [0.15, 0.2) is 30.3 Å². The molecular formula is C18H28N2O3. The van der Waals surface area contributed by atoms with Crippen LogP contribution >= 0.6 is 0 Å². The van der Waals surface area contributed by atoms with Crippen molar-refractivity contribution in [2.45, 2.75) is 38.8 Å². The minimum Gasteiger partial charge on any atom is -0.465 e. The van der Waals surface area contributed by atoms with Gasteiger partial charge in [0.15, 0.2) is 0 Å². The standard InChI is InChI=1S/C18H28N2O3/c1-14(2)20-10-8-15(9-11-20)12-23-13-17(19-18(21)22)16-6-4-3-5-7-16/h3-7,14-15,17,19H,8-13H2,1-2H3,(H,21,22). The molecule has 0 bridgehead atoms. The Kier molecular flexibility index (Phi) is 6.86. The summed E-state index contributed by atoms with van der Waals surface area (Å²) in [5.41, 5.74) is 0.935. The van der Waals surface area contributed by atoms with Crippen LogP contribution in [0.4, 0.5) is 4.79 Å². The minimum absolute atomic E-state index is 0.315. The maximum absolute atomic E-state index is 11.0. The Balaban J connectivity index is 1.77. The van der Waals surface area contributed by atoms with Crippen molar-refractivity contribution in [1.82, 2.24) is 10.2 Å². The molecule has 0 spiro atoms. The predicted octanol–water partition coefficient (Wildman–Crippen LogP) is 3.13. The average molecular weight is 320 g/mol. The Hall–Kier alpha value is -1.59. The van der Waals surface area contributed by atoms with Crippen molar-refractivity contribution in [2.24, 2.45) is 5.92 Å². The van der Waals surface area contributed by atoms with Crippen molar-refractivity contribution in [1.29, 1.82) is 0 Å². The number of hydrogen-bond acceptors (Lipinski definition) is 3. The largest absolute Gasteiger partial charge is 0.465 e. The van der Waals surface area contributed by atoms with Gasteiger partial charge in [-0.1, -0.05) is 30.3 Å². The van der Waals surface area contributed by atoms with E-state index in [-0.39, 0.29) is 6.04 Å². The van der Waals surface area contributed by atoms with E-state index in [0.717, 1.165) is 31.5 Å². The second-order valence-corrected chi connectivity index (χ2v) is 6.52. The van der Waals surface area contributed by atoms with Crippen LogP contribution in [0.25, 0.3) is 0 Å². The van der Waals surface area contributed by atoms with Crippen LogP contribution in [0.2, 0.25) is 0 Å². The first-order valence-corrected chi connectivity index (χ1v) is 8.42. The fourth-order valence-corrected chi connectivity index (χ4v) is 3.04. The highest BCUT2D eigenvalue weighted by Gasteiger charge is 2.21. The lowest BCUT2D eigenvalue weighted by molar-refractivity contribution is 0.0488. The van der Waals surface area contributed by atoms with Crippen LogP contribution in [0, 0.1) is 5.92 Å². The molecule has 1 aliphatic rings. The molecule has 1 aliphatic heterocycles. The van der Waals surface area contributed by atoms with Gasteiger partial charge in [-0.05, 0) is 51.3 Å². The van der Waals surface area contributed by atoms with E-state index < -0.39 is 6.09 Å². The quantitative estimate of drug-likeness (QED) is 0.810. The summed E-state index contributed by atoms with van der Waals surface area (Å²) in [5, 5.41) is 11.5. The molecule has 1 fully saturated rings. The third-order valence-electron chi connectivity index (χ3n) is 4.52. The van der Waals surface area contributed by atoms with Crippen molar-refractivity contribution in [2.75, 3.05) is 26.3 Å². The maximum Gasteiger partial charge on any atom is 0.405 e. The smallest absolute Gasteiger partial charge is 0.405 e. The number of piperidine rings is 1. The number of carbonyl (C=O) groups is 1. The topological polar surface area (TPSA) is 61.8 Å². The lowest BCUT2D eigenvalue weighted by Gasteiger charge is -2.34. The van der Waals surface area contributed by atoms with E-state index in [9.17, 15) is 4.79 Å². The highest BCUT2D eigenvalue weighted by Crippen LogP contribution is 2.20. The van der Waals surface area contributed by atoms with E-state index in [1.54, 1.807) is 0 Å². The molecule has 5 heteroatoms. The van der Waals surface area contributed by atoms with Crippen LogP contribution in [0.3, 0.4) is 0 Å². The molecular weight excluding hydrogens is 292 g/mol. The minimum atomic E-state index is -1.02. The second kappa shape index (κ2) is 8.89. The van der Waals surface area contributed by atoms with Crippen LogP contribution < -0.4 is 5.32 Å². The molecule has 23 heavy (non-hydrogen) atoms. The van der Waals surface area contributed by atoms with Crippen LogP contribution in [0.5, 0.6) is 0 Å². The Labute approximate surface area is 138 Å². The average Bonchev–Trinajstić information content (AvgIpc) is 2.55. The molecule has 1 aromatic rings. The van der Waals surface area contributed by atoms with Crippen molar-refractivity contribution >= 4 is 6.09 Å². The lowest BCUT2D eigenvalue weighted by Crippen LogP contribution is -2.39. The molecule has 1 atom stereocenters. The molecule has 5 nitrogen and oxygen atoms in total. The first kappa shape index (κ1) is 17.8. The zero-order valence-electron chi connectivity index (χ0n) is 14.1. The number of likely N-dealkylation sites (tertiary alicyclic amines) is 1. The van der Waals surface area contributed by atoms with E-state index in [0.29, 0.717) is 25.2 Å². The van der Waals surface area contributed by atoms with Gasteiger partial charge in [0.2, 0.25) is 0 Å². The lowest BCUT2D eigenvalue weighted by atomic mass is 9.97. The molecule has 1 heterocycles. The molecule has 1 amide bonds. The summed E-state index contributed by atoms with van der Waals surface area (Å²) in [6.07, 6.45) is 1.29. The summed E-state index contributed by atoms with van der Waals surface area (Å²) >= 11 is 0. The monoisotopic (exact) mass is 320 g/mol. The van der Waals surface area contributed by atoms with Gasteiger partial charge in [-0.3, -0.25) is 0 Å². The highest BCUT2D eigenvalue weighted by molar-refractivity contribution is 5.65. The maximum atomic E-state index is 11.0. The second-order valence-electron chi connectivity index (χ2n) is 6.52. The van der Waals surface area contributed by atoms with E-state index in [2.05, 4.69) is 24.1 Å². The third-order valence-corrected chi connectivity index (χ3v) is 4.52. The van der Waals surface area contributed by atoms with Gasteiger partial charge in [-0.2, -0.15) is 0 Å². The molecule has 0 saturated carbocycles. The van der Waals surface area contributed by atoms with Crippen molar-refractivity contribution in [3.63, 3.8) is 0 Å². The fourth-order valence-electron chi connectivity index (χ4n) is 3.04. The Morgan fingerprint density at radius 1 is 1.30 bits per heavy atom. The van der Waals surface area contributed by atoms with Crippen LogP contribution in [-0.2, 0) is 4.74 Å². The number of nitrogens with zero attached hydrogens (tertiary/aromatic N) is 1. The molecule has 0 radical (unpaired) electrons. The molecule has 2 N–H and O–H groups in total.